The van der Waals surface area contributed by atoms with Gasteiger partial charge < -0.3 is 19.6 Å². The first kappa shape index (κ1) is 16.4. The zero-order valence-corrected chi connectivity index (χ0v) is 11.8. The molecule has 1 aliphatic heterocycles. The molecule has 1 fully saturated rings. The number of carbonyl (C=O) groups is 3. The molecular weight excluding hydrogens is 266 g/mol. The molecule has 114 valence electrons. The van der Waals surface area contributed by atoms with Crippen LogP contribution in [-0.2, 0) is 14.3 Å². The summed E-state index contributed by atoms with van der Waals surface area (Å²) in [5, 5.41) is 10.5. The number of nitrogens with zero attached hydrogens (tertiary/aromatic N) is 2. The topological polar surface area (TPSA) is 99.2 Å². The second-order valence-corrected chi connectivity index (χ2v) is 4.89. The summed E-state index contributed by atoms with van der Waals surface area (Å²) in [6, 6.07) is -0.373. The monoisotopic (exact) mass is 287 g/mol. The van der Waals surface area contributed by atoms with Crippen molar-refractivity contribution >= 4 is 17.9 Å². The number of carboxylic acids is 1. The lowest BCUT2D eigenvalue weighted by molar-refractivity contribution is -0.143. The predicted molar refractivity (Wildman–Crippen MR) is 70.3 cm³/mol. The number of likely N-dealkylation sites (tertiary alicyclic amines) is 1. The minimum atomic E-state index is -1.16. The maximum absolute atomic E-state index is 11.8. The molecule has 20 heavy (non-hydrogen) atoms. The van der Waals surface area contributed by atoms with Gasteiger partial charge in [-0.2, -0.15) is 0 Å². The van der Waals surface area contributed by atoms with E-state index < -0.39 is 31.1 Å². The van der Waals surface area contributed by atoms with Crippen LogP contribution >= 0.6 is 0 Å². The van der Waals surface area contributed by atoms with Crippen molar-refractivity contribution in [3.05, 3.63) is 0 Å². The predicted octanol–water partition coefficient (Wildman–Crippen LogP) is -0.650. The van der Waals surface area contributed by atoms with Crippen LogP contribution in [0.3, 0.4) is 0 Å². The van der Waals surface area contributed by atoms with E-state index in [1.165, 1.54) is 4.90 Å². The molecule has 1 rings (SSSR count). The van der Waals surface area contributed by atoms with Crippen molar-refractivity contribution in [2.24, 2.45) is 0 Å². The summed E-state index contributed by atoms with van der Waals surface area (Å²) in [5.74, 6) is -1.80. The summed E-state index contributed by atoms with van der Waals surface area (Å²) in [7, 11) is 3.68. The van der Waals surface area contributed by atoms with Gasteiger partial charge in [0.05, 0.1) is 0 Å². The first-order chi connectivity index (χ1) is 9.40. The number of hydrogen-bond acceptors (Lipinski definition) is 5. The SMILES string of the molecule is CN1CCC(N(C)C(=O)NC(=O)COCC(=O)O)CC1. The van der Waals surface area contributed by atoms with Crippen LogP contribution < -0.4 is 5.32 Å². The summed E-state index contributed by atoms with van der Waals surface area (Å²) in [5.41, 5.74) is 0. The van der Waals surface area contributed by atoms with Crippen LogP contribution in [0.15, 0.2) is 0 Å². The summed E-state index contributed by atoms with van der Waals surface area (Å²) >= 11 is 0. The molecule has 0 aromatic heterocycles. The van der Waals surface area contributed by atoms with Gasteiger partial charge in [0.2, 0.25) is 0 Å². The molecule has 0 spiro atoms. The van der Waals surface area contributed by atoms with E-state index in [0.717, 1.165) is 25.9 Å². The first-order valence-electron chi connectivity index (χ1n) is 6.45. The average Bonchev–Trinajstić information content (AvgIpc) is 2.38. The summed E-state index contributed by atoms with van der Waals surface area (Å²) in [6.07, 6.45) is 1.73. The highest BCUT2D eigenvalue weighted by molar-refractivity contribution is 5.95. The van der Waals surface area contributed by atoms with Gasteiger partial charge >= 0.3 is 12.0 Å². The molecule has 1 saturated heterocycles. The van der Waals surface area contributed by atoms with Gasteiger partial charge in [-0.05, 0) is 33.0 Å². The summed E-state index contributed by atoms with van der Waals surface area (Å²) < 4.78 is 4.61. The van der Waals surface area contributed by atoms with Gasteiger partial charge in [-0.1, -0.05) is 0 Å². The van der Waals surface area contributed by atoms with Crippen LogP contribution in [0.2, 0.25) is 0 Å². The van der Waals surface area contributed by atoms with Crippen molar-refractivity contribution in [1.29, 1.82) is 0 Å². The van der Waals surface area contributed by atoms with Gasteiger partial charge in [0.15, 0.2) is 0 Å². The number of urea groups is 1. The number of carbonyl (C=O) groups excluding carboxylic acids is 2. The third-order valence-electron chi connectivity index (χ3n) is 3.26. The molecule has 1 aliphatic rings. The zero-order chi connectivity index (χ0) is 15.1. The van der Waals surface area contributed by atoms with Crippen LogP contribution in [0, 0.1) is 0 Å². The van der Waals surface area contributed by atoms with Crippen LogP contribution in [0.25, 0.3) is 0 Å². The Hall–Kier alpha value is -1.67. The zero-order valence-electron chi connectivity index (χ0n) is 11.8. The number of amides is 3. The molecule has 0 unspecified atom stereocenters. The van der Waals surface area contributed by atoms with E-state index in [4.69, 9.17) is 5.11 Å². The highest BCUT2D eigenvalue weighted by Gasteiger charge is 2.24. The number of hydrogen-bond donors (Lipinski definition) is 2. The van der Waals surface area contributed by atoms with E-state index in [1.54, 1.807) is 7.05 Å². The second kappa shape index (κ2) is 7.81. The molecule has 8 heteroatoms. The molecule has 1 heterocycles. The van der Waals surface area contributed by atoms with E-state index in [9.17, 15) is 14.4 Å². The van der Waals surface area contributed by atoms with Crippen molar-refractivity contribution < 1.29 is 24.2 Å². The number of ether oxygens (including phenoxy) is 1. The van der Waals surface area contributed by atoms with E-state index in [-0.39, 0.29) is 6.04 Å². The molecule has 0 aromatic rings. The fourth-order valence-electron chi connectivity index (χ4n) is 2.02. The maximum Gasteiger partial charge on any atom is 0.329 e. The van der Waals surface area contributed by atoms with Gasteiger partial charge in [0.25, 0.3) is 5.91 Å². The van der Waals surface area contributed by atoms with Gasteiger partial charge in [-0.25, -0.2) is 9.59 Å². The third-order valence-corrected chi connectivity index (χ3v) is 3.26. The quantitative estimate of drug-likeness (QED) is 0.697. The molecular formula is C12H21N3O5. The van der Waals surface area contributed by atoms with E-state index in [2.05, 4.69) is 15.0 Å². The standard InChI is InChI=1S/C12H21N3O5/c1-14-5-3-9(4-6-14)15(2)12(19)13-10(16)7-20-8-11(17)18/h9H,3-8H2,1-2H3,(H,17,18)(H,13,16,19). The fraction of sp³-hybridized carbons (Fsp3) is 0.750. The Balaban J connectivity index is 2.30. The van der Waals surface area contributed by atoms with Crippen LogP contribution in [-0.4, -0.2) is 79.3 Å². The molecule has 2 N–H and O–H groups in total. The minimum absolute atomic E-state index is 0.110. The Bertz CT molecular complexity index is 366. The number of imide groups is 1. The lowest BCUT2D eigenvalue weighted by Gasteiger charge is -2.34. The average molecular weight is 287 g/mol. The molecule has 0 bridgehead atoms. The number of aliphatic carboxylic acids is 1. The molecule has 8 nitrogen and oxygen atoms in total. The lowest BCUT2D eigenvalue weighted by Crippen LogP contribution is -2.50. The highest BCUT2D eigenvalue weighted by atomic mass is 16.5. The molecule has 0 radical (unpaired) electrons. The van der Waals surface area contributed by atoms with E-state index >= 15 is 0 Å². The van der Waals surface area contributed by atoms with Crippen LogP contribution in [0.5, 0.6) is 0 Å². The maximum atomic E-state index is 11.8. The summed E-state index contributed by atoms with van der Waals surface area (Å²) in [6.45, 7) is 0.821. The first-order valence-corrected chi connectivity index (χ1v) is 6.45. The molecule has 0 aromatic carbocycles. The highest BCUT2D eigenvalue weighted by Crippen LogP contribution is 2.13. The Labute approximate surface area is 117 Å². The van der Waals surface area contributed by atoms with Crippen molar-refractivity contribution in [1.82, 2.24) is 15.1 Å². The third kappa shape index (κ3) is 5.54. The van der Waals surface area contributed by atoms with Crippen molar-refractivity contribution in [3.8, 4) is 0 Å². The number of nitrogens with one attached hydrogen (secondary N) is 1. The van der Waals surface area contributed by atoms with Crippen LogP contribution in [0.1, 0.15) is 12.8 Å². The minimum Gasteiger partial charge on any atom is -0.480 e. The van der Waals surface area contributed by atoms with E-state index in [1.807, 2.05) is 7.05 Å². The van der Waals surface area contributed by atoms with Gasteiger partial charge in [-0.3, -0.25) is 10.1 Å². The molecule has 3 amide bonds. The fourth-order valence-corrected chi connectivity index (χ4v) is 2.02. The second-order valence-electron chi connectivity index (χ2n) is 4.89. The molecule has 0 atom stereocenters. The largest absolute Gasteiger partial charge is 0.480 e. The normalized spacial score (nSPS) is 16.7. The number of rotatable bonds is 5. The van der Waals surface area contributed by atoms with Crippen molar-refractivity contribution in [3.63, 3.8) is 0 Å². The smallest absolute Gasteiger partial charge is 0.329 e. The number of piperidine rings is 1. The molecule has 0 saturated carbocycles. The van der Waals surface area contributed by atoms with E-state index in [0.29, 0.717) is 0 Å². The van der Waals surface area contributed by atoms with Gasteiger partial charge in [0, 0.05) is 13.1 Å². The Morgan fingerprint density at radius 1 is 1.30 bits per heavy atom. The Morgan fingerprint density at radius 2 is 1.90 bits per heavy atom. The summed E-state index contributed by atoms with van der Waals surface area (Å²) in [4.78, 5) is 37.1. The van der Waals surface area contributed by atoms with Gasteiger partial charge in [-0.15, -0.1) is 0 Å². The van der Waals surface area contributed by atoms with Crippen molar-refractivity contribution in [2.75, 3.05) is 40.4 Å². The Morgan fingerprint density at radius 3 is 2.45 bits per heavy atom. The van der Waals surface area contributed by atoms with Gasteiger partial charge in [0.1, 0.15) is 13.2 Å². The lowest BCUT2D eigenvalue weighted by atomic mass is 10.0. The molecule has 0 aliphatic carbocycles. The van der Waals surface area contributed by atoms with Crippen LogP contribution in [0.4, 0.5) is 4.79 Å². The number of carboxylic acid groups (broad SMARTS) is 1. The Kier molecular flexibility index (Phi) is 6.40. The van der Waals surface area contributed by atoms with Crippen molar-refractivity contribution in [2.45, 2.75) is 18.9 Å².